The van der Waals surface area contributed by atoms with Gasteiger partial charge in [0.25, 0.3) is 5.91 Å². The smallest absolute Gasteiger partial charge is 0.289 e. The largest absolute Gasteiger partial charge is 0.444 e. The Bertz CT molecular complexity index is 432. The van der Waals surface area contributed by atoms with Crippen LogP contribution in [0.1, 0.15) is 17.5 Å². The van der Waals surface area contributed by atoms with E-state index in [2.05, 4.69) is 21.2 Å². The molecule has 0 aromatic carbocycles. The highest BCUT2D eigenvalue weighted by atomic mass is 79.9. The topological polar surface area (TPSA) is 82.8 Å². The predicted molar refractivity (Wildman–Crippen MR) is 68.1 cm³/mol. The van der Waals surface area contributed by atoms with E-state index < -0.39 is 0 Å². The van der Waals surface area contributed by atoms with E-state index in [0.717, 1.165) is 0 Å². The van der Waals surface area contributed by atoms with Crippen molar-refractivity contribution in [2.24, 2.45) is 0 Å². The maximum atomic E-state index is 11.8. The third kappa shape index (κ3) is 4.15. The molecule has 6 nitrogen and oxygen atoms in total. The molecule has 2 N–H and O–H groups in total. The Kier molecular flexibility index (Phi) is 5.36. The van der Waals surface area contributed by atoms with Crippen molar-refractivity contribution in [2.45, 2.75) is 13.0 Å². The number of nitrogens with zero attached hydrogens (tertiary/aromatic N) is 1. The van der Waals surface area contributed by atoms with E-state index >= 15 is 0 Å². The van der Waals surface area contributed by atoms with Gasteiger partial charge in [-0.05, 0) is 35.0 Å². The second-order valence-corrected chi connectivity index (χ2v) is 4.70. The third-order valence-electron chi connectivity index (χ3n) is 2.19. The molecule has 1 aromatic heterocycles. The summed E-state index contributed by atoms with van der Waals surface area (Å²) in [5, 5.41) is 11.3. The van der Waals surface area contributed by atoms with Crippen LogP contribution in [-0.4, -0.2) is 48.1 Å². The Morgan fingerprint density at radius 3 is 2.72 bits per heavy atom. The zero-order valence-electron chi connectivity index (χ0n) is 10.1. The fourth-order valence-corrected chi connectivity index (χ4v) is 1.58. The van der Waals surface area contributed by atoms with Gasteiger partial charge in [0.15, 0.2) is 10.4 Å². The standard InChI is InChI=1S/C11H15BrN2O4/c1-7(6-15)13-10(16)5-14(2)11(17)8-3-4-9(12)18-8/h3-4,7,15H,5-6H2,1-2H3,(H,13,16). The molecule has 1 aromatic rings. The summed E-state index contributed by atoms with van der Waals surface area (Å²) in [5.74, 6) is -0.557. The first kappa shape index (κ1) is 14.7. The molecule has 0 aliphatic carbocycles. The highest BCUT2D eigenvalue weighted by Gasteiger charge is 2.18. The fraction of sp³-hybridized carbons (Fsp3) is 0.455. The minimum atomic E-state index is -0.382. The van der Waals surface area contributed by atoms with Crippen LogP contribution in [0.4, 0.5) is 0 Å². The van der Waals surface area contributed by atoms with Crippen molar-refractivity contribution in [1.82, 2.24) is 10.2 Å². The minimum absolute atomic E-state index is 0.0957. The Hall–Kier alpha value is -1.34. The molecule has 1 unspecified atom stereocenters. The normalized spacial score (nSPS) is 12.0. The van der Waals surface area contributed by atoms with Gasteiger partial charge in [0.1, 0.15) is 0 Å². The average Bonchev–Trinajstić information content (AvgIpc) is 2.74. The molecule has 0 radical (unpaired) electrons. The van der Waals surface area contributed by atoms with E-state index in [1.165, 1.54) is 18.0 Å². The van der Waals surface area contributed by atoms with Gasteiger partial charge in [-0.1, -0.05) is 0 Å². The summed E-state index contributed by atoms with van der Waals surface area (Å²) in [6, 6.07) is 2.80. The maximum absolute atomic E-state index is 11.8. The lowest BCUT2D eigenvalue weighted by atomic mass is 10.3. The van der Waals surface area contributed by atoms with E-state index in [-0.39, 0.29) is 36.8 Å². The van der Waals surface area contributed by atoms with Crippen molar-refractivity contribution >= 4 is 27.7 Å². The number of likely N-dealkylation sites (N-methyl/N-ethyl adjacent to an activating group) is 1. The fourth-order valence-electron chi connectivity index (χ4n) is 1.27. The molecule has 0 bridgehead atoms. The van der Waals surface area contributed by atoms with Gasteiger partial charge in [0.2, 0.25) is 5.91 Å². The number of carbonyl (C=O) groups excluding carboxylic acids is 2. The first-order valence-corrected chi connectivity index (χ1v) is 6.14. The molecule has 1 heterocycles. The number of furan rings is 1. The zero-order chi connectivity index (χ0) is 13.7. The zero-order valence-corrected chi connectivity index (χ0v) is 11.7. The van der Waals surface area contributed by atoms with Crippen LogP contribution in [0.25, 0.3) is 0 Å². The minimum Gasteiger partial charge on any atom is -0.444 e. The first-order valence-electron chi connectivity index (χ1n) is 5.35. The van der Waals surface area contributed by atoms with Gasteiger partial charge in [0, 0.05) is 13.1 Å². The number of rotatable bonds is 5. The molecule has 2 amide bonds. The number of hydrogen-bond donors (Lipinski definition) is 2. The Labute approximate surface area is 113 Å². The number of amides is 2. The van der Waals surface area contributed by atoms with Crippen molar-refractivity contribution in [3.63, 3.8) is 0 Å². The van der Waals surface area contributed by atoms with Crippen LogP contribution in [-0.2, 0) is 4.79 Å². The molecule has 0 aliphatic heterocycles. The Morgan fingerprint density at radius 1 is 1.56 bits per heavy atom. The molecule has 100 valence electrons. The highest BCUT2D eigenvalue weighted by molar-refractivity contribution is 9.10. The number of aliphatic hydroxyl groups excluding tert-OH is 1. The number of aliphatic hydroxyl groups is 1. The lowest BCUT2D eigenvalue weighted by molar-refractivity contribution is -0.122. The first-order chi connectivity index (χ1) is 8.43. The van der Waals surface area contributed by atoms with Crippen LogP contribution in [0.2, 0.25) is 0 Å². The van der Waals surface area contributed by atoms with Crippen LogP contribution in [0, 0.1) is 0 Å². The average molecular weight is 319 g/mol. The summed E-state index contributed by atoms with van der Waals surface area (Å²) in [6.07, 6.45) is 0. The lowest BCUT2D eigenvalue weighted by Gasteiger charge is -2.17. The van der Waals surface area contributed by atoms with Gasteiger partial charge < -0.3 is 19.7 Å². The number of hydrogen-bond acceptors (Lipinski definition) is 4. The summed E-state index contributed by atoms with van der Waals surface area (Å²) in [5.41, 5.74) is 0. The second-order valence-electron chi connectivity index (χ2n) is 3.92. The van der Waals surface area contributed by atoms with Gasteiger partial charge >= 0.3 is 0 Å². The molecule has 0 saturated heterocycles. The van der Waals surface area contributed by atoms with Crippen molar-refractivity contribution < 1.29 is 19.1 Å². The Balaban J connectivity index is 2.52. The predicted octanol–water partition coefficient (Wildman–Crippen LogP) is 0.611. The molecular formula is C11H15BrN2O4. The third-order valence-corrected chi connectivity index (χ3v) is 2.62. The number of halogens is 1. The summed E-state index contributed by atoms with van der Waals surface area (Å²) in [4.78, 5) is 24.6. The molecule has 18 heavy (non-hydrogen) atoms. The summed E-state index contributed by atoms with van der Waals surface area (Å²) in [7, 11) is 1.50. The molecule has 1 rings (SSSR count). The molecule has 0 aliphatic rings. The SMILES string of the molecule is CC(CO)NC(=O)CN(C)C(=O)c1ccc(Br)o1. The van der Waals surface area contributed by atoms with Gasteiger partial charge in [-0.3, -0.25) is 9.59 Å². The van der Waals surface area contributed by atoms with Crippen molar-refractivity contribution in [1.29, 1.82) is 0 Å². The Morgan fingerprint density at radius 2 is 2.22 bits per heavy atom. The van der Waals surface area contributed by atoms with E-state index in [9.17, 15) is 9.59 Å². The lowest BCUT2D eigenvalue weighted by Crippen LogP contribution is -2.42. The van der Waals surface area contributed by atoms with Crippen LogP contribution in [0.5, 0.6) is 0 Å². The molecular weight excluding hydrogens is 304 g/mol. The summed E-state index contributed by atoms with van der Waals surface area (Å²) >= 11 is 3.10. The molecule has 0 saturated carbocycles. The van der Waals surface area contributed by atoms with Gasteiger partial charge in [-0.25, -0.2) is 0 Å². The van der Waals surface area contributed by atoms with E-state index in [0.29, 0.717) is 4.67 Å². The van der Waals surface area contributed by atoms with Gasteiger partial charge in [-0.15, -0.1) is 0 Å². The van der Waals surface area contributed by atoms with E-state index in [1.54, 1.807) is 13.0 Å². The number of nitrogens with one attached hydrogen (secondary N) is 1. The number of carbonyl (C=O) groups is 2. The van der Waals surface area contributed by atoms with Gasteiger partial charge in [-0.2, -0.15) is 0 Å². The molecule has 7 heteroatoms. The monoisotopic (exact) mass is 318 g/mol. The van der Waals surface area contributed by atoms with Crippen molar-refractivity contribution in [2.75, 3.05) is 20.2 Å². The van der Waals surface area contributed by atoms with Crippen LogP contribution < -0.4 is 5.32 Å². The quantitative estimate of drug-likeness (QED) is 0.833. The second kappa shape index (κ2) is 6.55. The van der Waals surface area contributed by atoms with E-state index in [1.807, 2.05) is 0 Å². The van der Waals surface area contributed by atoms with Crippen molar-refractivity contribution in [3.8, 4) is 0 Å². The maximum Gasteiger partial charge on any atom is 0.289 e. The van der Waals surface area contributed by atoms with E-state index in [4.69, 9.17) is 9.52 Å². The van der Waals surface area contributed by atoms with Crippen LogP contribution in [0.3, 0.4) is 0 Å². The molecule has 0 fully saturated rings. The van der Waals surface area contributed by atoms with Crippen molar-refractivity contribution in [3.05, 3.63) is 22.6 Å². The van der Waals surface area contributed by atoms with Gasteiger partial charge in [0.05, 0.1) is 13.2 Å². The van der Waals surface area contributed by atoms with Crippen LogP contribution in [0.15, 0.2) is 21.2 Å². The molecule has 1 atom stereocenters. The van der Waals surface area contributed by atoms with Crippen LogP contribution >= 0.6 is 15.9 Å². The molecule has 0 spiro atoms. The highest BCUT2D eigenvalue weighted by Crippen LogP contribution is 2.15. The summed E-state index contributed by atoms with van der Waals surface area (Å²) in [6.45, 7) is 1.43. The summed E-state index contributed by atoms with van der Waals surface area (Å²) < 4.78 is 5.56.